The highest BCUT2D eigenvalue weighted by atomic mass is 35.5. The lowest BCUT2D eigenvalue weighted by molar-refractivity contribution is 1.20. The number of fused-ring (bicyclic) bond motifs is 1. The van der Waals surface area contributed by atoms with Crippen molar-refractivity contribution in [2.24, 2.45) is 0 Å². The van der Waals surface area contributed by atoms with Gasteiger partial charge in [0.2, 0.25) is 0 Å². The molecule has 0 fully saturated rings. The monoisotopic (exact) mass is 171 g/mol. The Labute approximate surface area is 65.8 Å². The van der Waals surface area contributed by atoms with E-state index in [0.29, 0.717) is 5.02 Å². The Bertz CT molecular complexity index is 358. The number of rotatable bonds is 0. The van der Waals surface area contributed by atoms with E-state index >= 15 is 0 Å². The third kappa shape index (κ3) is 0.853. The normalized spacial score (nSPS) is 10.5. The minimum absolute atomic E-state index is 0.597. The van der Waals surface area contributed by atoms with Gasteiger partial charge in [0.15, 0.2) is 4.83 Å². The van der Waals surface area contributed by atoms with Gasteiger partial charge in [-0.05, 0) is 6.07 Å². The molecular formula is C5H2ClN3S. The summed E-state index contributed by atoms with van der Waals surface area (Å²) in [5.41, 5.74) is 0.762. The molecule has 0 bridgehead atoms. The first-order chi connectivity index (χ1) is 4.86. The van der Waals surface area contributed by atoms with Crippen LogP contribution in [0.3, 0.4) is 0 Å². The summed E-state index contributed by atoms with van der Waals surface area (Å²) >= 11 is 6.92. The van der Waals surface area contributed by atoms with E-state index < -0.39 is 0 Å². The zero-order valence-electron chi connectivity index (χ0n) is 4.78. The van der Waals surface area contributed by atoms with Gasteiger partial charge in [-0.3, -0.25) is 0 Å². The summed E-state index contributed by atoms with van der Waals surface area (Å²) in [6, 6.07) is 1.74. The van der Waals surface area contributed by atoms with E-state index in [0.717, 1.165) is 10.3 Å². The molecule has 0 saturated heterocycles. The summed E-state index contributed by atoms with van der Waals surface area (Å²) in [6.45, 7) is 0. The van der Waals surface area contributed by atoms with Crippen molar-refractivity contribution in [3.63, 3.8) is 0 Å². The van der Waals surface area contributed by atoms with Gasteiger partial charge in [0.05, 0.1) is 5.02 Å². The number of nitrogens with zero attached hydrogens (tertiary/aromatic N) is 3. The van der Waals surface area contributed by atoms with Crippen LogP contribution in [0.1, 0.15) is 0 Å². The fourth-order valence-electron chi connectivity index (χ4n) is 0.661. The van der Waals surface area contributed by atoms with E-state index in [4.69, 9.17) is 11.6 Å². The first kappa shape index (κ1) is 6.00. The molecule has 10 heavy (non-hydrogen) atoms. The summed E-state index contributed by atoms with van der Waals surface area (Å²) < 4.78 is 3.71. The molecule has 2 heterocycles. The van der Waals surface area contributed by atoms with Crippen molar-refractivity contribution >= 4 is 33.5 Å². The first-order valence-electron chi connectivity index (χ1n) is 2.60. The van der Waals surface area contributed by atoms with Crippen LogP contribution in [0.4, 0.5) is 0 Å². The van der Waals surface area contributed by atoms with Gasteiger partial charge < -0.3 is 0 Å². The molecule has 5 heteroatoms. The highest BCUT2D eigenvalue weighted by molar-refractivity contribution is 7.12. The number of hydrogen-bond acceptors (Lipinski definition) is 4. The summed E-state index contributed by atoms with van der Waals surface area (Å²) in [6.07, 6.45) is 1.59. The Balaban J connectivity index is 2.86. The van der Waals surface area contributed by atoms with Gasteiger partial charge in [-0.25, -0.2) is 4.98 Å². The second kappa shape index (κ2) is 2.14. The number of hydrogen-bond donors (Lipinski definition) is 0. The molecule has 0 radical (unpaired) electrons. The zero-order valence-corrected chi connectivity index (χ0v) is 6.35. The predicted octanol–water partition coefficient (Wildman–Crippen LogP) is 1.74. The van der Waals surface area contributed by atoms with Crippen molar-refractivity contribution in [1.82, 2.24) is 14.6 Å². The Morgan fingerprint density at radius 1 is 1.50 bits per heavy atom. The van der Waals surface area contributed by atoms with Crippen LogP contribution < -0.4 is 0 Å². The van der Waals surface area contributed by atoms with E-state index in [9.17, 15) is 0 Å². The molecule has 0 atom stereocenters. The van der Waals surface area contributed by atoms with Crippen molar-refractivity contribution in [1.29, 1.82) is 0 Å². The molecule has 0 aliphatic carbocycles. The Kier molecular flexibility index (Phi) is 1.28. The maximum atomic E-state index is 5.65. The lowest BCUT2D eigenvalue weighted by Gasteiger charge is -1.84. The van der Waals surface area contributed by atoms with Gasteiger partial charge >= 0.3 is 0 Å². The Hall–Kier alpha value is -0.740. The molecule has 0 aromatic carbocycles. The van der Waals surface area contributed by atoms with E-state index in [2.05, 4.69) is 14.6 Å². The second-order valence-corrected chi connectivity index (χ2v) is 2.92. The molecular weight excluding hydrogens is 170 g/mol. The number of pyridine rings is 1. The van der Waals surface area contributed by atoms with Crippen LogP contribution in [0.5, 0.6) is 0 Å². The van der Waals surface area contributed by atoms with Crippen molar-refractivity contribution in [2.75, 3.05) is 0 Å². The first-order valence-corrected chi connectivity index (χ1v) is 3.75. The third-order valence-corrected chi connectivity index (χ3v) is 1.93. The van der Waals surface area contributed by atoms with Gasteiger partial charge in [0.25, 0.3) is 0 Å². The lowest BCUT2D eigenvalue weighted by Crippen LogP contribution is -1.72. The van der Waals surface area contributed by atoms with E-state index in [1.54, 1.807) is 12.3 Å². The second-order valence-electron chi connectivity index (χ2n) is 1.75. The summed E-state index contributed by atoms with van der Waals surface area (Å²) in [5.74, 6) is 0. The molecule has 0 aliphatic heterocycles. The summed E-state index contributed by atoms with van der Waals surface area (Å²) in [5, 5.41) is 4.40. The van der Waals surface area contributed by atoms with Crippen LogP contribution >= 0.6 is 23.1 Å². The lowest BCUT2D eigenvalue weighted by atomic mass is 10.5. The maximum absolute atomic E-state index is 5.65. The quantitative estimate of drug-likeness (QED) is 0.606. The number of aromatic nitrogens is 3. The smallest absolute Gasteiger partial charge is 0.163 e. The highest BCUT2D eigenvalue weighted by Gasteiger charge is 1.97. The van der Waals surface area contributed by atoms with Crippen LogP contribution in [0, 0.1) is 0 Å². The molecule has 0 aliphatic rings. The summed E-state index contributed by atoms with van der Waals surface area (Å²) in [4.78, 5) is 4.83. The minimum Gasteiger partial charge on any atom is -0.241 e. The summed E-state index contributed by atoms with van der Waals surface area (Å²) in [7, 11) is 0. The van der Waals surface area contributed by atoms with Gasteiger partial charge in [0, 0.05) is 17.7 Å². The zero-order chi connectivity index (χ0) is 6.97. The molecule has 0 spiro atoms. The van der Waals surface area contributed by atoms with Crippen molar-refractivity contribution in [3.05, 3.63) is 17.3 Å². The Morgan fingerprint density at radius 3 is 3.30 bits per heavy atom. The molecule has 2 rings (SSSR count). The largest absolute Gasteiger partial charge is 0.241 e. The SMILES string of the molecule is Clc1cnc2snnc2c1. The van der Waals surface area contributed by atoms with Gasteiger partial charge in [-0.15, -0.1) is 5.10 Å². The predicted molar refractivity (Wildman–Crippen MR) is 40.2 cm³/mol. The molecule has 0 saturated carbocycles. The molecule has 0 amide bonds. The average Bonchev–Trinajstić information content (AvgIpc) is 2.33. The van der Waals surface area contributed by atoms with E-state index in [1.165, 1.54) is 11.5 Å². The fourth-order valence-corrected chi connectivity index (χ4v) is 1.31. The van der Waals surface area contributed by atoms with Gasteiger partial charge in [-0.2, -0.15) is 0 Å². The van der Waals surface area contributed by atoms with E-state index in [-0.39, 0.29) is 0 Å². The van der Waals surface area contributed by atoms with Crippen molar-refractivity contribution in [2.45, 2.75) is 0 Å². The van der Waals surface area contributed by atoms with Crippen molar-refractivity contribution in [3.8, 4) is 0 Å². The average molecular weight is 172 g/mol. The van der Waals surface area contributed by atoms with E-state index in [1.807, 2.05) is 0 Å². The molecule has 3 nitrogen and oxygen atoms in total. The van der Waals surface area contributed by atoms with Crippen LogP contribution in [0.15, 0.2) is 12.3 Å². The number of halogens is 1. The Morgan fingerprint density at radius 2 is 2.40 bits per heavy atom. The molecule has 0 unspecified atom stereocenters. The van der Waals surface area contributed by atoms with Gasteiger partial charge in [-0.1, -0.05) is 16.1 Å². The maximum Gasteiger partial charge on any atom is 0.163 e. The molecule has 2 aromatic heterocycles. The van der Waals surface area contributed by atoms with Crippen LogP contribution in [-0.4, -0.2) is 14.6 Å². The van der Waals surface area contributed by atoms with Crippen LogP contribution in [-0.2, 0) is 0 Å². The third-order valence-electron chi connectivity index (χ3n) is 1.07. The minimum atomic E-state index is 0.597. The highest BCUT2D eigenvalue weighted by Crippen LogP contribution is 2.15. The topological polar surface area (TPSA) is 38.7 Å². The molecule has 2 aromatic rings. The fraction of sp³-hybridized carbons (Fsp3) is 0. The van der Waals surface area contributed by atoms with Crippen LogP contribution in [0.2, 0.25) is 5.02 Å². The molecule has 0 N–H and O–H groups in total. The standard InChI is InChI=1S/C5H2ClN3S/c6-3-1-4-5(7-2-3)10-9-8-4/h1-2H. The van der Waals surface area contributed by atoms with Gasteiger partial charge in [0.1, 0.15) is 5.52 Å². The van der Waals surface area contributed by atoms with Crippen molar-refractivity contribution < 1.29 is 0 Å². The molecule has 50 valence electrons. The van der Waals surface area contributed by atoms with Crippen LogP contribution in [0.25, 0.3) is 10.3 Å².